The zero-order valence-electron chi connectivity index (χ0n) is 34.1. The molecule has 0 radical (unpaired) electrons. The first kappa shape index (κ1) is 35.2. The third-order valence-corrected chi connectivity index (χ3v) is 14.6. The molecule has 0 amide bonds. The molecule has 0 atom stereocenters. The second-order valence-electron chi connectivity index (χ2n) is 16.3. The zero-order valence-corrected chi connectivity index (χ0v) is 34.9. The standard InChI is InChI=1S/C48H37B7N2S/c49-40-37(26-16-20-33-32(21-26)29-18-15-25(24-9-3-1-4-10-24)22-34(29)56(33)27-11-5-2-6-12-27)41(50)45(54)47-38(40)39-42(51)43(52)44(53)46(55)48(39)57(47)28-17-19-31-30-13-7-8-14-35(30)58-36(31)23-28/h1-23H,49-55H2. The van der Waals surface area contributed by atoms with Gasteiger partial charge in [-0.1, -0.05) is 124 Å². The van der Waals surface area contributed by atoms with Gasteiger partial charge in [-0.3, -0.25) is 0 Å². The number of hydrogen-bond acceptors (Lipinski definition) is 1. The Morgan fingerprint density at radius 1 is 0.345 bits per heavy atom. The molecule has 266 valence electrons. The van der Waals surface area contributed by atoms with Gasteiger partial charge in [0.05, 0.1) is 11.0 Å². The lowest BCUT2D eigenvalue weighted by Gasteiger charge is -2.19. The molecule has 2 nitrogen and oxygen atoms in total. The van der Waals surface area contributed by atoms with Crippen molar-refractivity contribution in [2.45, 2.75) is 0 Å². The molecular formula is C48H37B7N2S. The molecule has 0 aliphatic rings. The van der Waals surface area contributed by atoms with Crippen molar-refractivity contribution in [1.82, 2.24) is 9.13 Å². The van der Waals surface area contributed by atoms with E-state index in [1.165, 1.54) is 136 Å². The molecular weight excluding hydrogens is 712 g/mol. The summed E-state index contributed by atoms with van der Waals surface area (Å²) < 4.78 is 7.70. The summed E-state index contributed by atoms with van der Waals surface area (Å²) >= 11 is 1.89. The minimum Gasteiger partial charge on any atom is -0.310 e. The van der Waals surface area contributed by atoms with E-state index in [0.717, 1.165) is 0 Å². The number of thiophene rings is 1. The highest BCUT2D eigenvalue weighted by Crippen LogP contribution is 2.39. The summed E-state index contributed by atoms with van der Waals surface area (Å²) in [6, 6.07) is 51.6. The quantitative estimate of drug-likeness (QED) is 0.241. The lowest BCUT2D eigenvalue weighted by molar-refractivity contribution is 1.18. The number of aromatic nitrogens is 2. The summed E-state index contributed by atoms with van der Waals surface area (Å²) in [5, 5.41) is 7.94. The van der Waals surface area contributed by atoms with Crippen LogP contribution in [0.4, 0.5) is 0 Å². The van der Waals surface area contributed by atoms with Crippen LogP contribution < -0.4 is 38.2 Å². The van der Waals surface area contributed by atoms with E-state index in [1.807, 2.05) is 11.3 Å². The molecule has 0 bridgehead atoms. The molecule has 3 heterocycles. The number of para-hydroxylation sites is 1. The van der Waals surface area contributed by atoms with E-state index in [2.05, 4.69) is 204 Å². The predicted molar refractivity (Wildman–Crippen MR) is 276 cm³/mol. The molecule has 8 aromatic carbocycles. The van der Waals surface area contributed by atoms with Crippen LogP contribution in [0.15, 0.2) is 140 Å². The SMILES string of the molecule is Bc1c(B)c(B)c2c(c1B)c1c(B)c(-c3ccc4c(c3)c3ccc(-c5ccccc5)cc3n4-c3ccccc3)c(B)c(B)c1n2-c1ccc2c(c1)sc1ccccc12. The van der Waals surface area contributed by atoms with Gasteiger partial charge in [-0.2, -0.15) is 0 Å². The number of nitrogens with zero attached hydrogens (tertiary/aromatic N) is 2. The molecule has 0 spiro atoms. The first-order valence-electron chi connectivity index (χ1n) is 20.4. The maximum atomic E-state index is 2.60. The Labute approximate surface area is 348 Å². The summed E-state index contributed by atoms with van der Waals surface area (Å²) in [6.07, 6.45) is 0. The monoisotopic (exact) mass is 750 g/mol. The Bertz CT molecular complexity index is 3530. The molecule has 11 aromatic rings. The van der Waals surface area contributed by atoms with Gasteiger partial charge >= 0.3 is 0 Å². The average Bonchev–Trinajstić information content (AvgIpc) is 3.92. The van der Waals surface area contributed by atoms with E-state index in [1.54, 1.807) is 0 Å². The number of hydrogen-bond donors (Lipinski definition) is 0. The van der Waals surface area contributed by atoms with Crippen molar-refractivity contribution < 1.29 is 0 Å². The Morgan fingerprint density at radius 2 is 0.966 bits per heavy atom. The average molecular weight is 750 g/mol. The van der Waals surface area contributed by atoms with Crippen molar-refractivity contribution in [3.63, 3.8) is 0 Å². The van der Waals surface area contributed by atoms with Gasteiger partial charge in [-0.25, -0.2) is 0 Å². The van der Waals surface area contributed by atoms with Crippen molar-refractivity contribution >= 4 is 168 Å². The second kappa shape index (κ2) is 13.0. The highest BCUT2D eigenvalue weighted by Gasteiger charge is 2.25. The van der Waals surface area contributed by atoms with Gasteiger partial charge in [0, 0.05) is 58.7 Å². The topological polar surface area (TPSA) is 9.86 Å². The summed E-state index contributed by atoms with van der Waals surface area (Å²) in [4.78, 5) is 0. The molecule has 0 fully saturated rings. The van der Waals surface area contributed by atoms with Crippen molar-refractivity contribution in [1.29, 1.82) is 0 Å². The van der Waals surface area contributed by atoms with Gasteiger partial charge in [0.15, 0.2) is 0 Å². The minimum absolute atomic E-state index is 1.17. The summed E-state index contributed by atoms with van der Waals surface area (Å²) in [5.41, 5.74) is 22.0. The fourth-order valence-electron chi connectivity index (χ4n) is 10.1. The molecule has 11 rings (SSSR count). The van der Waals surface area contributed by atoms with Crippen LogP contribution in [0.5, 0.6) is 0 Å². The van der Waals surface area contributed by atoms with E-state index in [0.29, 0.717) is 0 Å². The van der Waals surface area contributed by atoms with Gasteiger partial charge in [0.1, 0.15) is 54.9 Å². The summed E-state index contributed by atoms with van der Waals surface area (Å²) in [5.74, 6) is 0. The van der Waals surface area contributed by atoms with Crippen molar-refractivity contribution in [2.24, 2.45) is 0 Å². The zero-order chi connectivity index (χ0) is 39.6. The minimum atomic E-state index is 1.17. The molecule has 0 saturated heterocycles. The highest BCUT2D eigenvalue weighted by molar-refractivity contribution is 7.25. The smallest absolute Gasteiger partial charge is 0.141 e. The van der Waals surface area contributed by atoms with E-state index in [9.17, 15) is 0 Å². The molecule has 0 aliphatic carbocycles. The largest absolute Gasteiger partial charge is 0.310 e. The van der Waals surface area contributed by atoms with E-state index >= 15 is 0 Å². The summed E-state index contributed by atoms with van der Waals surface area (Å²) in [6.45, 7) is 0. The van der Waals surface area contributed by atoms with Gasteiger partial charge in [-0.05, 0) is 76.2 Å². The molecule has 10 heteroatoms. The van der Waals surface area contributed by atoms with Crippen LogP contribution in [0.1, 0.15) is 0 Å². The fraction of sp³-hybridized carbons (Fsp3) is 0. The Morgan fingerprint density at radius 3 is 1.74 bits per heavy atom. The van der Waals surface area contributed by atoms with E-state index in [4.69, 9.17) is 0 Å². The molecule has 0 unspecified atom stereocenters. The Balaban J connectivity index is 1.20. The van der Waals surface area contributed by atoms with Gasteiger partial charge < -0.3 is 9.13 Å². The first-order valence-corrected chi connectivity index (χ1v) is 21.2. The van der Waals surface area contributed by atoms with E-state index in [-0.39, 0.29) is 0 Å². The second-order valence-corrected chi connectivity index (χ2v) is 17.4. The van der Waals surface area contributed by atoms with Crippen molar-refractivity contribution in [3.8, 4) is 33.6 Å². The Hall–Kier alpha value is -5.97. The van der Waals surface area contributed by atoms with Gasteiger partial charge in [0.2, 0.25) is 0 Å². The number of fused-ring (bicyclic) bond motifs is 9. The third-order valence-electron chi connectivity index (χ3n) is 13.4. The highest BCUT2D eigenvalue weighted by atomic mass is 32.1. The lowest BCUT2D eigenvalue weighted by Crippen LogP contribution is -2.48. The normalized spacial score (nSPS) is 11.9. The van der Waals surface area contributed by atoms with Crippen molar-refractivity contribution in [2.75, 3.05) is 0 Å². The molecule has 0 N–H and O–H groups in total. The van der Waals surface area contributed by atoms with Crippen molar-refractivity contribution in [3.05, 3.63) is 140 Å². The van der Waals surface area contributed by atoms with Crippen LogP contribution in [0.3, 0.4) is 0 Å². The lowest BCUT2D eigenvalue weighted by atomic mass is 9.64. The molecule has 0 aliphatic heterocycles. The molecule has 3 aromatic heterocycles. The van der Waals surface area contributed by atoms with Crippen LogP contribution in [0.2, 0.25) is 0 Å². The van der Waals surface area contributed by atoms with Crippen LogP contribution in [0.25, 0.3) is 97.4 Å². The fourth-order valence-corrected chi connectivity index (χ4v) is 11.2. The molecule has 0 saturated carbocycles. The van der Waals surface area contributed by atoms with Crippen LogP contribution in [0, 0.1) is 0 Å². The maximum absolute atomic E-state index is 2.60. The van der Waals surface area contributed by atoms with Crippen LogP contribution in [-0.2, 0) is 0 Å². The van der Waals surface area contributed by atoms with Gasteiger partial charge in [-0.15, -0.1) is 16.8 Å². The number of benzene rings is 8. The van der Waals surface area contributed by atoms with Crippen LogP contribution in [-0.4, -0.2) is 64.1 Å². The first-order chi connectivity index (χ1) is 28.2. The van der Waals surface area contributed by atoms with Gasteiger partial charge in [0.25, 0.3) is 0 Å². The van der Waals surface area contributed by atoms with E-state index < -0.39 is 0 Å². The third kappa shape index (κ3) is 4.94. The number of rotatable bonds is 4. The van der Waals surface area contributed by atoms with Crippen LogP contribution >= 0.6 is 11.3 Å². The predicted octanol–water partition coefficient (Wildman–Crippen LogP) is 1.39. The Kier molecular flexibility index (Phi) is 7.91. The molecule has 58 heavy (non-hydrogen) atoms. The summed E-state index contributed by atoms with van der Waals surface area (Å²) in [7, 11) is 16.3. The maximum Gasteiger partial charge on any atom is 0.141 e.